The number of nitrogens with one attached hydrogen (secondary N) is 1. The van der Waals surface area contributed by atoms with Crippen LogP contribution in [0, 0.1) is 5.92 Å². The minimum Gasteiger partial charge on any atom is -0.441 e. The molecule has 1 aliphatic heterocycles. The van der Waals surface area contributed by atoms with Crippen molar-refractivity contribution in [3.8, 4) is 11.3 Å². The number of amides is 1. The summed E-state index contributed by atoms with van der Waals surface area (Å²) in [6, 6.07) is 15.6. The van der Waals surface area contributed by atoms with Crippen LogP contribution in [-0.4, -0.2) is 44.9 Å². The maximum Gasteiger partial charge on any atom is 0.416 e. The van der Waals surface area contributed by atoms with Crippen molar-refractivity contribution in [2.45, 2.75) is 31.3 Å². The third kappa shape index (κ3) is 4.65. The van der Waals surface area contributed by atoms with E-state index in [1.165, 1.54) is 0 Å². The van der Waals surface area contributed by atoms with Gasteiger partial charge in [0.05, 0.1) is 12.2 Å². The Morgan fingerprint density at radius 1 is 1.06 bits per heavy atom. The van der Waals surface area contributed by atoms with Crippen molar-refractivity contribution in [3.05, 3.63) is 60.9 Å². The van der Waals surface area contributed by atoms with Gasteiger partial charge in [0.25, 0.3) is 0 Å². The van der Waals surface area contributed by atoms with E-state index < -0.39 is 5.60 Å². The van der Waals surface area contributed by atoms with Gasteiger partial charge in [0.1, 0.15) is 5.60 Å². The molecule has 2 aromatic heterocycles. The van der Waals surface area contributed by atoms with Gasteiger partial charge in [-0.3, -0.25) is 4.90 Å². The summed E-state index contributed by atoms with van der Waals surface area (Å²) in [5, 5.41) is 11.3. The van der Waals surface area contributed by atoms with Crippen LogP contribution in [0.2, 0.25) is 0 Å². The van der Waals surface area contributed by atoms with Gasteiger partial charge in [0, 0.05) is 24.5 Å². The topological polar surface area (TPSA) is 93.1 Å². The van der Waals surface area contributed by atoms with E-state index in [4.69, 9.17) is 4.74 Å². The summed E-state index contributed by atoms with van der Waals surface area (Å²) < 4.78 is 5.81. The van der Waals surface area contributed by atoms with Gasteiger partial charge in [0.15, 0.2) is 5.82 Å². The molecule has 5 rings (SSSR count). The van der Waals surface area contributed by atoms with Gasteiger partial charge >= 0.3 is 6.09 Å². The smallest absolute Gasteiger partial charge is 0.416 e. The number of ether oxygens (including phenoxy) is 1. The van der Waals surface area contributed by atoms with Crippen molar-refractivity contribution in [1.82, 2.24) is 20.2 Å². The summed E-state index contributed by atoms with van der Waals surface area (Å²) >= 11 is 0. The summed E-state index contributed by atoms with van der Waals surface area (Å²) in [4.78, 5) is 23.0. The predicted octanol–water partition coefficient (Wildman–Crippen LogP) is 4.35. The van der Waals surface area contributed by atoms with Crippen LogP contribution in [0.3, 0.4) is 0 Å². The number of hydrogen-bond donors (Lipinski definition) is 1. The van der Waals surface area contributed by atoms with Crippen LogP contribution in [0.5, 0.6) is 0 Å². The molecule has 166 valence electrons. The molecule has 1 saturated heterocycles. The first-order valence-corrected chi connectivity index (χ1v) is 10.6. The average Bonchev–Trinajstić information content (AvgIpc) is 3.16. The highest BCUT2D eigenvalue weighted by atomic mass is 35.5. The molecule has 2 aliphatic rings. The molecule has 9 heteroatoms. The average molecular weight is 453 g/mol. The number of nitrogens with zero attached hydrogens (tertiary/aromatic N) is 5. The summed E-state index contributed by atoms with van der Waals surface area (Å²) in [7, 11) is 0. The molecule has 1 N–H and O–H groups in total. The Kier molecular flexibility index (Phi) is 6.50. The fourth-order valence-electron chi connectivity index (χ4n) is 4.35. The lowest BCUT2D eigenvalue weighted by Crippen LogP contribution is -2.39. The molecule has 3 aromatic rings. The summed E-state index contributed by atoms with van der Waals surface area (Å²) in [5.74, 6) is 1.67. The Morgan fingerprint density at radius 2 is 1.88 bits per heavy atom. The Hall–Kier alpha value is -3.26. The van der Waals surface area contributed by atoms with E-state index in [9.17, 15) is 4.79 Å². The Morgan fingerprint density at radius 3 is 2.62 bits per heavy atom. The predicted molar refractivity (Wildman–Crippen MR) is 124 cm³/mol. The molecule has 8 nitrogen and oxygen atoms in total. The normalized spacial score (nSPS) is 22.3. The highest BCUT2D eigenvalue weighted by molar-refractivity contribution is 5.89. The molecular formula is C23H25ClN6O2. The maximum absolute atomic E-state index is 12.4. The van der Waals surface area contributed by atoms with Gasteiger partial charge in [-0.25, -0.2) is 14.8 Å². The van der Waals surface area contributed by atoms with Crippen molar-refractivity contribution in [2.75, 3.05) is 23.3 Å². The zero-order valence-electron chi connectivity index (χ0n) is 17.6. The summed E-state index contributed by atoms with van der Waals surface area (Å²) in [6.45, 7) is 1.34. The lowest BCUT2D eigenvalue weighted by molar-refractivity contribution is 0.0148. The van der Waals surface area contributed by atoms with Crippen LogP contribution < -0.4 is 10.2 Å². The zero-order valence-corrected chi connectivity index (χ0v) is 18.4. The van der Waals surface area contributed by atoms with Crippen LogP contribution in [0.1, 0.15) is 25.7 Å². The van der Waals surface area contributed by atoms with E-state index in [2.05, 4.69) is 25.5 Å². The molecule has 1 amide bonds. The van der Waals surface area contributed by atoms with Crippen LogP contribution >= 0.6 is 12.4 Å². The quantitative estimate of drug-likeness (QED) is 0.614. The van der Waals surface area contributed by atoms with Crippen molar-refractivity contribution < 1.29 is 9.53 Å². The fraction of sp³-hybridized carbons (Fsp3) is 0.348. The van der Waals surface area contributed by atoms with E-state index in [1.807, 2.05) is 36.4 Å². The molecular weight excluding hydrogens is 428 g/mol. The molecule has 1 aromatic carbocycles. The van der Waals surface area contributed by atoms with Gasteiger partial charge in [-0.1, -0.05) is 30.3 Å². The van der Waals surface area contributed by atoms with E-state index in [-0.39, 0.29) is 18.5 Å². The Labute approximate surface area is 192 Å². The second kappa shape index (κ2) is 9.48. The standard InChI is InChI=1S/C23H24N6O2.ClH/c30-22-29(20-7-4-13-26-28-20)16-23(31-22)11-8-17(9-12-23)15-25-21-24-14-10-19(27-21)18-5-2-1-3-6-18;/h1-7,10,13-14,17H,8-9,11-12,15-16H2,(H,24,25,27);1H. The number of benzene rings is 1. The van der Waals surface area contributed by atoms with Gasteiger partial charge in [-0.05, 0) is 49.8 Å². The largest absolute Gasteiger partial charge is 0.441 e. The number of carbonyl (C=O) groups excluding carboxylic acids is 1. The highest BCUT2D eigenvalue weighted by Gasteiger charge is 2.48. The molecule has 0 bridgehead atoms. The lowest BCUT2D eigenvalue weighted by atomic mass is 9.78. The Bertz CT molecular complexity index is 1040. The molecule has 1 aliphatic carbocycles. The monoisotopic (exact) mass is 452 g/mol. The molecule has 1 spiro atoms. The van der Waals surface area contributed by atoms with Crippen LogP contribution in [0.15, 0.2) is 60.9 Å². The first-order chi connectivity index (χ1) is 15.2. The van der Waals surface area contributed by atoms with Crippen molar-refractivity contribution >= 4 is 30.3 Å². The molecule has 3 heterocycles. The van der Waals surface area contributed by atoms with Crippen molar-refractivity contribution in [3.63, 3.8) is 0 Å². The van der Waals surface area contributed by atoms with E-state index >= 15 is 0 Å². The molecule has 2 fully saturated rings. The third-order valence-corrected chi connectivity index (χ3v) is 6.10. The zero-order chi connectivity index (χ0) is 21.1. The fourth-order valence-corrected chi connectivity index (χ4v) is 4.35. The summed E-state index contributed by atoms with van der Waals surface area (Å²) in [5.41, 5.74) is 1.56. The number of hydrogen-bond acceptors (Lipinski definition) is 7. The first-order valence-electron chi connectivity index (χ1n) is 10.6. The lowest BCUT2D eigenvalue weighted by Gasteiger charge is -2.35. The number of carbonyl (C=O) groups is 1. The minimum atomic E-state index is -0.422. The highest BCUT2D eigenvalue weighted by Crippen LogP contribution is 2.40. The van der Waals surface area contributed by atoms with E-state index in [1.54, 1.807) is 29.4 Å². The molecule has 32 heavy (non-hydrogen) atoms. The van der Waals surface area contributed by atoms with Gasteiger partial charge in [-0.2, -0.15) is 5.10 Å². The third-order valence-electron chi connectivity index (χ3n) is 6.10. The van der Waals surface area contributed by atoms with Gasteiger partial charge < -0.3 is 10.1 Å². The first kappa shape index (κ1) is 22.0. The van der Waals surface area contributed by atoms with Crippen LogP contribution in [-0.2, 0) is 4.74 Å². The minimum absolute atomic E-state index is 0. The van der Waals surface area contributed by atoms with Gasteiger partial charge in [-0.15, -0.1) is 17.5 Å². The maximum atomic E-state index is 12.4. The van der Waals surface area contributed by atoms with Crippen LogP contribution in [0.25, 0.3) is 11.3 Å². The van der Waals surface area contributed by atoms with Crippen molar-refractivity contribution in [1.29, 1.82) is 0 Å². The molecule has 0 unspecified atom stereocenters. The summed E-state index contributed by atoms with van der Waals surface area (Å²) in [6.07, 6.45) is 6.69. The SMILES string of the molecule is Cl.O=C1OC2(CCC(CNc3nccc(-c4ccccc4)n3)CC2)CN1c1cccnn1. The van der Waals surface area contributed by atoms with E-state index in [0.717, 1.165) is 43.5 Å². The number of rotatable bonds is 5. The molecule has 1 saturated carbocycles. The van der Waals surface area contributed by atoms with E-state index in [0.29, 0.717) is 24.2 Å². The molecule has 0 atom stereocenters. The second-order valence-corrected chi connectivity index (χ2v) is 8.17. The number of halogens is 1. The number of anilines is 2. The van der Waals surface area contributed by atoms with Gasteiger partial charge in [0.2, 0.25) is 5.95 Å². The van der Waals surface area contributed by atoms with Crippen molar-refractivity contribution in [2.24, 2.45) is 5.92 Å². The molecule has 0 radical (unpaired) electrons. The van der Waals surface area contributed by atoms with Crippen LogP contribution in [0.4, 0.5) is 16.6 Å². The number of aromatic nitrogens is 4. The second-order valence-electron chi connectivity index (χ2n) is 8.17. The Balaban J connectivity index is 0.00000245.